The third kappa shape index (κ3) is 4.79. The van der Waals surface area contributed by atoms with Crippen LogP contribution in [0.5, 0.6) is 0 Å². The van der Waals surface area contributed by atoms with E-state index < -0.39 is 10.0 Å². The van der Waals surface area contributed by atoms with Gasteiger partial charge in [-0.1, -0.05) is 30.2 Å². The molecule has 0 saturated carbocycles. The molecule has 0 unspecified atom stereocenters. The fourth-order valence-electron chi connectivity index (χ4n) is 2.99. The van der Waals surface area contributed by atoms with E-state index in [0.717, 1.165) is 24.8 Å². The van der Waals surface area contributed by atoms with E-state index in [1.807, 2.05) is 0 Å². The molecule has 1 aliphatic rings. The summed E-state index contributed by atoms with van der Waals surface area (Å²) >= 11 is 5.81. The van der Waals surface area contributed by atoms with Crippen molar-refractivity contribution in [3.8, 4) is 0 Å². The molecule has 2 aromatic rings. The number of piperidine rings is 1. The maximum atomic E-state index is 12.7. The van der Waals surface area contributed by atoms with Crippen LogP contribution in [-0.2, 0) is 10.0 Å². The summed E-state index contributed by atoms with van der Waals surface area (Å²) in [5.41, 5.74) is 4.24. The number of nitrogens with one attached hydrogen (secondary N) is 1. The molecule has 1 aliphatic heterocycles. The number of nitrogens with zero attached hydrogens (tertiary/aromatic N) is 2. The van der Waals surface area contributed by atoms with Gasteiger partial charge in [-0.25, -0.2) is 13.8 Å². The summed E-state index contributed by atoms with van der Waals surface area (Å²) < 4.78 is 26.9. The van der Waals surface area contributed by atoms with Crippen molar-refractivity contribution >= 4 is 33.2 Å². The Bertz CT molecular complexity index is 965. The molecular weight excluding hydrogens is 398 g/mol. The van der Waals surface area contributed by atoms with Gasteiger partial charge in [0, 0.05) is 23.7 Å². The Morgan fingerprint density at radius 3 is 2.14 bits per heavy atom. The molecule has 0 spiro atoms. The van der Waals surface area contributed by atoms with Gasteiger partial charge >= 0.3 is 0 Å². The number of hydrazone groups is 1. The summed E-state index contributed by atoms with van der Waals surface area (Å²) in [6.45, 7) is 2.89. The lowest BCUT2D eigenvalue weighted by Gasteiger charge is -2.25. The van der Waals surface area contributed by atoms with Gasteiger partial charge in [0.25, 0.3) is 5.91 Å². The summed E-state index contributed by atoms with van der Waals surface area (Å²) in [5.74, 6) is -0.347. The standard InChI is InChI=1S/C20H22ClN3O3S/c1-15(22-23-20(25)17-5-9-18(21)10-6-17)16-7-11-19(12-8-16)28(26,27)24-13-3-2-4-14-24/h5-12H,2-4,13-14H2,1H3,(H,23,25)/b22-15-. The molecule has 0 aromatic heterocycles. The van der Waals surface area contributed by atoms with Gasteiger partial charge in [0.15, 0.2) is 0 Å². The minimum Gasteiger partial charge on any atom is -0.267 e. The van der Waals surface area contributed by atoms with E-state index >= 15 is 0 Å². The van der Waals surface area contributed by atoms with Crippen LogP contribution in [0.2, 0.25) is 5.02 Å². The average molecular weight is 420 g/mol. The van der Waals surface area contributed by atoms with Gasteiger partial charge in [-0.15, -0.1) is 0 Å². The van der Waals surface area contributed by atoms with Gasteiger partial charge < -0.3 is 0 Å². The smallest absolute Gasteiger partial charge is 0.267 e. The lowest BCUT2D eigenvalue weighted by atomic mass is 10.1. The van der Waals surface area contributed by atoms with Crippen molar-refractivity contribution in [1.82, 2.24) is 9.73 Å². The number of sulfonamides is 1. The number of hydrogen-bond donors (Lipinski definition) is 1. The van der Waals surface area contributed by atoms with Crippen molar-refractivity contribution in [2.45, 2.75) is 31.1 Å². The fourth-order valence-corrected chi connectivity index (χ4v) is 4.63. The molecule has 1 amide bonds. The largest absolute Gasteiger partial charge is 0.271 e. The molecule has 0 radical (unpaired) electrons. The molecule has 1 N–H and O–H groups in total. The Balaban J connectivity index is 1.69. The molecule has 0 aliphatic carbocycles. The molecule has 2 aromatic carbocycles. The third-order valence-electron chi connectivity index (χ3n) is 4.66. The van der Waals surface area contributed by atoms with E-state index in [1.165, 1.54) is 0 Å². The molecule has 148 valence electrons. The minimum absolute atomic E-state index is 0.274. The number of benzene rings is 2. The van der Waals surface area contributed by atoms with Gasteiger partial charge in [-0.05, 0) is 61.7 Å². The van der Waals surface area contributed by atoms with Crippen molar-refractivity contribution in [3.63, 3.8) is 0 Å². The first-order valence-corrected chi connectivity index (χ1v) is 10.9. The van der Waals surface area contributed by atoms with Crippen LogP contribution in [0.15, 0.2) is 58.5 Å². The van der Waals surface area contributed by atoms with Gasteiger partial charge in [-0.2, -0.15) is 9.41 Å². The quantitative estimate of drug-likeness (QED) is 0.593. The van der Waals surface area contributed by atoms with Crippen LogP contribution in [0, 0.1) is 0 Å². The number of carbonyl (C=O) groups excluding carboxylic acids is 1. The van der Waals surface area contributed by atoms with Crippen molar-refractivity contribution in [1.29, 1.82) is 0 Å². The molecule has 3 rings (SSSR count). The highest BCUT2D eigenvalue weighted by Gasteiger charge is 2.25. The summed E-state index contributed by atoms with van der Waals surface area (Å²) in [7, 11) is -3.46. The molecule has 28 heavy (non-hydrogen) atoms. The molecule has 1 fully saturated rings. The second-order valence-corrected chi connectivity index (χ2v) is 9.01. The summed E-state index contributed by atoms with van der Waals surface area (Å²) in [5, 5.41) is 4.65. The predicted octanol–water partition coefficient (Wildman–Crippen LogP) is 3.67. The zero-order valence-corrected chi connectivity index (χ0v) is 17.1. The number of carbonyl (C=O) groups is 1. The van der Waals surface area contributed by atoms with Crippen LogP contribution >= 0.6 is 11.6 Å². The summed E-state index contributed by atoms with van der Waals surface area (Å²) in [6, 6.07) is 13.1. The maximum Gasteiger partial charge on any atom is 0.271 e. The lowest BCUT2D eigenvalue weighted by molar-refractivity contribution is 0.0955. The SMILES string of the molecule is C/C(=N/NC(=O)c1ccc(Cl)cc1)c1ccc(S(=O)(=O)N2CCCCC2)cc1. The van der Waals surface area contributed by atoms with Crippen molar-refractivity contribution < 1.29 is 13.2 Å². The molecular formula is C20H22ClN3O3S. The third-order valence-corrected chi connectivity index (χ3v) is 6.82. The Kier molecular flexibility index (Phi) is 6.49. The first-order chi connectivity index (χ1) is 13.4. The monoisotopic (exact) mass is 419 g/mol. The van der Waals surface area contributed by atoms with Crippen LogP contribution in [0.1, 0.15) is 42.1 Å². The minimum atomic E-state index is -3.46. The van der Waals surface area contributed by atoms with E-state index in [0.29, 0.717) is 29.4 Å². The lowest BCUT2D eigenvalue weighted by Crippen LogP contribution is -2.35. The van der Waals surface area contributed by atoms with Crippen molar-refractivity contribution in [3.05, 3.63) is 64.7 Å². The number of amides is 1. The fraction of sp³-hybridized carbons (Fsp3) is 0.300. The van der Waals surface area contributed by atoms with Gasteiger partial charge in [0.2, 0.25) is 10.0 Å². The molecule has 0 atom stereocenters. The first-order valence-electron chi connectivity index (χ1n) is 9.09. The topological polar surface area (TPSA) is 78.8 Å². The van der Waals surface area contributed by atoms with Crippen LogP contribution in [0.4, 0.5) is 0 Å². The van der Waals surface area contributed by atoms with E-state index in [4.69, 9.17) is 11.6 Å². The van der Waals surface area contributed by atoms with Crippen LogP contribution < -0.4 is 5.43 Å². The van der Waals surface area contributed by atoms with E-state index in [2.05, 4.69) is 10.5 Å². The second kappa shape index (κ2) is 8.86. The molecule has 6 nitrogen and oxygen atoms in total. The molecule has 8 heteroatoms. The maximum absolute atomic E-state index is 12.7. The van der Waals surface area contributed by atoms with Crippen LogP contribution in [0.3, 0.4) is 0 Å². The molecule has 1 heterocycles. The van der Waals surface area contributed by atoms with Gasteiger partial charge in [0.05, 0.1) is 10.6 Å². The van der Waals surface area contributed by atoms with E-state index in [1.54, 1.807) is 59.8 Å². The Labute approximate surface area is 170 Å². The zero-order valence-electron chi connectivity index (χ0n) is 15.6. The first kappa shape index (κ1) is 20.5. The highest BCUT2D eigenvalue weighted by Crippen LogP contribution is 2.21. The molecule has 0 bridgehead atoms. The number of rotatable bonds is 5. The Morgan fingerprint density at radius 2 is 1.54 bits per heavy atom. The van der Waals surface area contributed by atoms with E-state index in [9.17, 15) is 13.2 Å². The van der Waals surface area contributed by atoms with E-state index in [-0.39, 0.29) is 10.8 Å². The summed E-state index contributed by atoms with van der Waals surface area (Å²) in [6.07, 6.45) is 2.87. The van der Waals surface area contributed by atoms with Crippen LogP contribution in [-0.4, -0.2) is 37.4 Å². The zero-order chi connectivity index (χ0) is 20.1. The molecule has 1 saturated heterocycles. The average Bonchev–Trinajstić information content (AvgIpc) is 2.73. The Morgan fingerprint density at radius 1 is 0.964 bits per heavy atom. The van der Waals surface area contributed by atoms with Gasteiger partial charge in [0.1, 0.15) is 0 Å². The normalized spacial score (nSPS) is 16.0. The van der Waals surface area contributed by atoms with Crippen molar-refractivity contribution in [2.75, 3.05) is 13.1 Å². The second-order valence-electron chi connectivity index (χ2n) is 6.63. The predicted molar refractivity (Wildman–Crippen MR) is 110 cm³/mol. The number of halogens is 1. The Hall–Kier alpha value is -2.22. The van der Waals surface area contributed by atoms with Crippen molar-refractivity contribution in [2.24, 2.45) is 5.10 Å². The summed E-state index contributed by atoms with van der Waals surface area (Å²) in [4.78, 5) is 12.4. The highest BCUT2D eigenvalue weighted by atomic mass is 35.5. The van der Waals surface area contributed by atoms with Gasteiger partial charge in [-0.3, -0.25) is 4.79 Å². The van der Waals surface area contributed by atoms with Crippen LogP contribution in [0.25, 0.3) is 0 Å². The highest BCUT2D eigenvalue weighted by molar-refractivity contribution is 7.89. The number of hydrogen-bond acceptors (Lipinski definition) is 4.